The van der Waals surface area contributed by atoms with E-state index < -0.39 is 0 Å². The van der Waals surface area contributed by atoms with Crippen LogP contribution >= 0.6 is 11.8 Å². The molecule has 0 aliphatic rings. The van der Waals surface area contributed by atoms with Gasteiger partial charge < -0.3 is 0 Å². The van der Waals surface area contributed by atoms with Crippen LogP contribution in [0.3, 0.4) is 0 Å². The first-order valence-corrected chi connectivity index (χ1v) is 5.00. The summed E-state index contributed by atoms with van der Waals surface area (Å²) in [6.07, 6.45) is 2.02. The molecule has 0 heterocycles. The third-order valence-corrected chi connectivity index (χ3v) is 2.49. The van der Waals surface area contributed by atoms with Gasteiger partial charge in [0.2, 0.25) is 0 Å². The summed E-state index contributed by atoms with van der Waals surface area (Å²) in [5, 5.41) is 0. The van der Waals surface area contributed by atoms with E-state index >= 15 is 0 Å². The van der Waals surface area contributed by atoms with Gasteiger partial charge in [-0.05, 0) is 30.9 Å². The highest BCUT2D eigenvalue weighted by atomic mass is 32.2. The van der Waals surface area contributed by atoms with E-state index in [2.05, 4.69) is 12.1 Å². The molecule has 1 aromatic carbocycles. The van der Waals surface area contributed by atoms with Gasteiger partial charge in [-0.2, -0.15) is 0 Å². The molecule has 0 radical (unpaired) electrons. The topological polar surface area (TPSA) is 35.2 Å². The lowest BCUT2D eigenvalue weighted by atomic mass is 10.1. The van der Waals surface area contributed by atoms with Crippen LogP contribution in [0.2, 0.25) is 0 Å². The second-order valence-electron chi connectivity index (χ2n) is 2.55. The lowest BCUT2D eigenvalue weighted by Crippen LogP contribution is -2.05. The van der Waals surface area contributed by atoms with Crippen LogP contribution in [-0.2, 0) is 4.84 Å². The molecule has 1 atom stereocenters. The Labute approximate surface area is 77.1 Å². The number of benzene rings is 1. The molecular weight excluding hydrogens is 170 g/mol. The summed E-state index contributed by atoms with van der Waals surface area (Å²) in [5.41, 5.74) is 1.12. The Morgan fingerprint density at radius 2 is 2.25 bits per heavy atom. The molecule has 2 N–H and O–H groups in total. The quantitative estimate of drug-likeness (QED) is 0.577. The van der Waals surface area contributed by atoms with Gasteiger partial charge in [0, 0.05) is 4.90 Å². The van der Waals surface area contributed by atoms with Gasteiger partial charge in [0.15, 0.2) is 0 Å². The Kier molecular flexibility index (Phi) is 3.59. The highest BCUT2D eigenvalue weighted by molar-refractivity contribution is 7.98. The first kappa shape index (κ1) is 9.58. The molecule has 2 nitrogen and oxygen atoms in total. The monoisotopic (exact) mass is 183 g/mol. The van der Waals surface area contributed by atoms with E-state index in [1.54, 1.807) is 11.8 Å². The maximum atomic E-state index is 5.09. The average molecular weight is 183 g/mol. The highest BCUT2D eigenvalue weighted by Crippen LogP contribution is 2.21. The molecule has 66 valence electrons. The minimum atomic E-state index is -0.0305. The third kappa shape index (κ3) is 2.24. The predicted octanol–water partition coefficient (Wildman–Crippen LogP) is 2.36. The molecule has 0 spiro atoms. The zero-order chi connectivity index (χ0) is 8.97. The van der Waals surface area contributed by atoms with Crippen molar-refractivity contribution >= 4 is 11.8 Å². The van der Waals surface area contributed by atoms with Gasteiger partial charge in [-0.25, -0.2) is 5.90 Å². The van der Waals surface area contributed by atoms with Crippen molar-refractivity contribution in [3.05, 3.63) is 29.8 Å². The largest absolute Gasteiger partial charge is 0.297 e. The zero-order valence-corrected chi connectivity index (χ0v) is 8.10. The Hall–Kier alpha value is -0.510. The fourth-order valence-corrected chi connectivity index (χ4v) is 1.44. The predicted molar refractivity (Wildman–Crippen MR) is 51.9 cm³/mol. The van der Waals surface area contributed by atoms with Crippen LogP contribution in [0.25, 0.3) is 0 Å². The number of rotatable bonds is 3. The van der Waals surface area contributed by atoms with E-state index in [1.807, 2.05) is 25.3 Å². The average Bonchev–Trinajstić information content (AvgIpc) is 2.17. The molecule has 1 aromatic rings. The third-order valence-electron chi connectivity index (χ3n) is 1.77. The van der Waals surface area contributed by atoms with Crippen molar-refractivity contribution in [2.45, 2.75) is 17.9 Å². The molecule has 0 amide bonds. The van der Waals surface area contributed by atoms with Gasteiger partial charge in [-0.15, -0.1) is 11.8 Å². The normalized spacial score (nSPS) is 12.9. The summed E-state index contributed by atoms with van der Waals surface area (Å²) >= 11 is 1.71. The van der Waals surface area contributed by atoms with Gasteiger partial charge >= 0.3 is 0 Å². The van der Waals surface area contributed by atoms with E-state index in [4.69, 9.17) is 10.7 Å². The van der Waals surface area contributed by atoms with E-state index in [-0.39, 0.29) is 6.10 Å². The Bertz CT molecular complexity index is 252. The number of hydrogen-bond donors (Lipinski definition) is 1. The summed E-state index contributed by atoms with van der Waals surface area (Å²) in [6.45, 7) is 1.93. The molecular formula is C9H13NOS. The summed E-state index contributed by atoms with van der Waals surface area (Å²) in [6, 6.07) is 8.17. The molecule has 0 fully saturated rings. The summed E-state index contributed by atoms with van der Waals surface area (Å²) in [5.74, 6) is 5.09. The second-order valence-corrected chi connectivity index (χ2v) is 3.43. The molecule has 0 aliphatic heterocycles. The lowest BCUT2D eigenvalue weighted by Gasteiger charge is -2.09. The van der Waals surface area contributed by atoms with Crippen LogP contribution in [0.15, 0.2) is 29.2 Å². The van der Waals surface area contributed by atoms with Crippen LogP contribution < -0.4 is 5.90 Å². The van der Waals surface area contributed by atoms with E-state index in [0.29, 0.717) is 0 Å². The number of nitrogens with two attached hydrogens (primary N) is 1. The molecule has 12 heavy (non-hydrogen) atoms. The van der Waals surface area contributed by atoms with Crippen LogP contribution in [0.1, 0.15) is 18.6 Å². The Morgan fingerprint density at radius 1 is 1.50 bits per heavy atom. The first-order valence-electron chi connectivity index (χ1n) is 3.77. The van der Waals surface area contributed by atoms with Gasteiger partial charge in [-0.3, -0.25) is 4.84 Å². The Morgan fingerprint density at radius 3 is 2.83 bits per heavy atom. The van der Waals surface area contributed by atoms with Crippen LogP contribution in [0.5, 0.6) is 0 Å². The molecule has 3 heteroatoms. The van der Waals surface area contributed by atoms with Crippen LogP contribution in [0, 0.1) is 0 Å². The minimum absolute atomic E-state index is 0.0305. The van der Waals surface area contributed by atoms with E-state index in [9.17, 15) is 0 Å². The van der Waals surface area contributed by atoms with E-state index in [0.717, 1.165) is 5.56 Å². The zero-order valence-electron chi connectivity index (χ0n) is 7.28. The number of hydrogen-bond acceptors (Lipinski definition) is 3. The first-order chi connectivity index (χ1) is 5.77. The summed E-state index contributed by atoms with van der Waals surface area (Å²) < 4.78 is 0. The lowest BCUT2D eigenvalue weighted by molar-refractivity contribution is 0.0663. The smallest absolute Gasteiger partial charge is 0.101 e. The van der Waals surface area contributed by atoms with Gasteiger partial charge in [0.25, 0.3) is 0 Å². The molecule has 1 unspecified atom stereocenters. The van der Waals surface area contributed by atoms with Crippen molar-refractivity contribution in [2.24, 2.45) is 5.90 Å². The molecule has 0 bridgehead atoms. The van der Waals surface area contributed by atoms with Crippen molar-refractivity contribution in [3.8, 4) is 0 Å². The summed E-state index contributed by atoms with van der Waals surface area (Å²) in [4.78, 5) is 5.96. The molecule has 1 rings (SSSR count). The standard InChI is InChI=1S/C9H13NOS/c1-7(11-10)8-4-3-5-9(6-8)12-2/h3-7H,10H2,1-2H3. The van der Waals surface area contributed by atoms with Crippen molar-refractivity contribution in [3.63, 3.8) is 0 Å². The maximum Gasteiger partial charge on any atom is 0.101 e. The van der Waals surface area contributed by atoms with Crippen LogP contribution in [0.4, 0.5) is 0 Å². The van der Waals surface area contributed by atoms with Crippen LogP contribution in [-0.4, -0.2) is 6.26 Å². The molecule has 0 aliphatic carbocycles. The van der Waals surface area contributed by atoms with Crippen molar-refractivity contribution in [2.75, 3.05) is 6.26 Å². The van der Waals surface area contributed by atoms with Gasteiger partial charge in [0.1, 0.15) is 6.10 Å². The van der Waals surface area contributed by atoms with Gasteiger partial charge in [-0.1, -0.05) is 12.1 Å². The molecule has 0 aromatic heterocycles. The molecule has 0 saturated carbocycles. The SMILES string of the molecule is CSc1cccc(C(C)ON)c1. The fourth-order valence-electron chi connectivity index (χ4n) is 0.973. The summed E-state index contributed by atoms with van der Waals surface area (Å²) in [7, 11) is 0. The van der Waals surface area contributed by atoms with Crippen molar-refractivity contribution in [1.29, 1.82) is 0 Å². The van der Waals surface area contributed by atoms with Crippen molar-refractivity contribution in [1.82, 2.24) is 0 Å². The van der Waals surface area contributed by atoms with E-state index in [1.165, 1.54) is 4.90 Å². The highest BCUT2D eigenvalue weighted by Gasteiger charge is 2.03. The fraction of sp³-hybridized carbons (Fsp3) is 0.333. The Balaban J connectivity index is 2.86. The number of thioether (sulfide) groups is 1. The molecule has 0 saturated heterocycles. The van der Waals surface area contributed by atoms with Gasteiger partial charge in [0.05, 0.1) is 0 Å². The van der Waals surface area contributed by atoms with Crippen molar-refractivity contribution < 1.29 is 4.84 Å². The minimum Gasteiger partial charge on any atom is -0.297 e. The second kappa shape index (κ2) is 4.50. The maximum absolute atomic E-state index is 5.09.